The molecule has 0 amide bonds. The maximum Gasteiger partial charge on any atom is 0.304 e. The SMILES string of the molecule is COc1ccc(S(=O)(=O)C(CCCc2ccccc2)CC(=O)O)cc1. The second-order valence-electron chi connectivity index (χ2n) is 5.82. The van der Waals surface area contributed by atoms with Crippen LogP contribution in [0.25, 0.3) is 0 Å². The van der Waals surface area contributed by atoms with Gasteiger partial charge in [0.2, 0.25) is 0 Å². The van der Waals surface area contributed by atoms with E-state index in [4.69, 9.17) is 9.84 Å². The summed E-state index contributed by atoms with van der Waals surface area (Å²) in [4.78, 5) is 11.3. The normalized spacial score (nSPS) is 12.5. The van der Waals surface area contributed by atoms with Crippen LogP contribution in [0.4, 0.5) is 0 Å². The summed E-state index contributed by atoms with van der Waals surface area (Å²) in [7, 11) is -2.21. The van der Waals surface area contributed by atoms with Gasteiger partial charge in [-0.15, -0.1) is 0 Å². The zero-order chi connectivity index (χ0) is 18.3. The number of ether oxygens (including phenoxy) is 1. The molecule has 0 aliphatic carbocycles. The molecule has 0 radical (unpaired) electrons. The van der Waals surface area contributed by atoms with Crippen molar-refractivity contribution in [3.05, 3.63) is 60.2 Å². The summed E-state index contributed by atoms with van der Waals surface area (Å²) in [6.45, 7) is 0. The minimum atomic E-state index is -3.71. The number of hydrogen-bond donors (Lipinski definition) is 1. The molecular weight excluding hydrogens is 340 g/mol. The van der Waals surface area contributed by atoms with Gasteiger partial charge in [0.15, 0.2) is 9.84 Å². The number of rotatable bonds is 9. The van der Waals surface area contributed by atoms with Crippen molar-refractivity contribution in [3.8, 4) is 5.75 Å². The summed E-state index contributed by atoms with van der Waals surface area (Å²) < 4.78 is 30.6. The molecule has 0 aromatic heterocycles. The van der Waals surface area contributed by atoms with Crippen molar-refractivity contribution in [1.29, 1.82) is 0 Å². The molecule has 1 atom stereocenters. The molecule has 0 aliphatic heterocycles. The van der Waals surface area contributed by atoms with Gasteiger partial charge in [-0.1, -0.05) is 30.3 Å². The second-order valence-corrected chi connectivity index (χ2v) is 8.05. The third-order valence-corrected chi connectivity index (χ3v) is 6.27. The predicted octanol–water partition coefficient (Wildman–Crippen LogP) is 3.34. The Morgan fingerprint density at radius 1 is 1.08 bits per heavy atom. The quantitative estimate of drug-likeness (QED) is 0.740. The van der Waals surface area contributed by atoms with Crippen LogP contribution in [0.3, 0.4) is 0 Å². The monoisotopic (exact) mass is 362 g/mol. The lowest BCUT2D eigenvalue weighted by Gasteiger charge is -2.16. The Balaban J connectivity index is 2.12. The lowest BCUT2D eigenvalue weighted by atomic mass is 10.1. The number of aliphatic carboxylic acids is 1. The molecule has 0 aliphatic rings. The summed E-state index contributed by atoms with van der Waals surface area (Å²) in [6.07, 6.45) is 1.23. The van der Waals surface area contributed by atoms with Crippen molar-refractivity contribution in [3.63, 3.8) is 0 Å². The van der Waals surface area contributed by atoms with E-state index in [0.717, 1.165) is 12.0 Å². The summed E-state index contributed by atoms with van der Waals surface area (Å²) in [6, 6.07) is 15.8. The van der Waals surface area contributed by atoms with Gasteiger partial charge in [0.1, 0.15) is 5.75 Å². The van der Waals surface area contributed by atoms with Crippen LogP contribution in [0.15, 0.2) is 59.5 Å². The van der Waals surface area contributed by atoms with Crippen LogP contribution in [0.5, 0.6) is 5.75 Å². The first-order valence-electron chi connectivity index (χ1n) is 8.07. The van der Waals surface area contributed by atoms with Gasteiger partial charge in [-0.25, -0.2) is 8.42 Å². The highest BCUT2D eigenvalue weighted by Crippen LogP contribution is 2.25. The first kappa shape index (κ1) is 19.0. The number of hydrogen-bond acceptors (Lipinski definition) is 4. The van der Waals surface area contributed by atoms with Gasteiger partial charge in [0.25, 0.3) is 0 Å². The van der Waals surface area contributed by atoms with Crippen molar-refractivity contribution in [1.82, 2.24) is 0 Å². The number of carbonyl (C=O) groups is 1. The minimum Gasteiger partial charge on any atom is -0.497 e. The second kappa shape index (κ2) is 8.67. The first-order chi connectivity index (χ1) is 11.9. The molecule has 0 spiro atoms. The lowest BCUT2D eigenvalue weighted by molar-refractivity contribution is -0.137. The Hall–Kier alpha value is -2.34. The fourth-order valence-corrected chi connectivity index (χ4v) is 4.44. The zero-order valence-electron chi connectivity index (χ0n) is 14.1. The molecule has 0 saturated heterocycles. The van der Waals surface area contributed by atoms with Crippen LogP contribution in [0.2, 0.25) is 0 Å². The number of methoxy groups -OCH3 is 1. The molecule has 0 heterocycles. The van der Waals surface area contributed by atoms with E-state index in [1.165, 1.54) is 19.2 Å². The number of carboxylic acid groups (broad SMARTS) is 1. The minimum absolute atomic E-state index is 0.124. The number of benzene rings is 2. The van der Waals surface area contributed by atoms with Crippen molar-refractivity contribution in [2.45, 2.75) is 35.8 Å². The summed E-state index contributed by atoms with van der Waals surface area (Å²) >= 11 is 0. The average Bonchev–Trinajstić information content (AvgIpc) is 2.61. The number of carboxylic acids is 1. The molecule has 2 aromatic rings. The standard InChI is InChI=1S/C19H22O5S/c1-24-16-10-12-17(13-11-16)25(22,23)18(14-19(20)21)9-5-8-15-6-3-2-4-7-15/h2-4,6-7,10-13,18H,5,8-9,14H2,1H3,(H,20,21). The van der Waals surface area contributed by atoms with Gasteiger partial charge in [-0.2, -0.15) is 0 Å². The molecule has 25 heavy (non-hydrogen) atoms. The molecule has 0 fully saturated rings. The molecule has 1 N–H and O–H groups in total. The van der Waals surface area contributed by atoms with Gasteiger partial charge in [-0.3, -0.25) is 4.79 Å². The third-order valence-electron chi connectivity index (χ3n) is 4.06. The Kier molecular flexibility index (Phi) is 6.58. The van der Waals surface area contributed by atoms with Crippen LogP contribution in [-0.2, 0) is 21.1 Å². The highest BCUT2D eigenvalue weighted by molar-refractivity contribution is 7.92. The zero-order valence-corrected chi connectivity index (χ0v) is 14.9. The third kappa shape index (κ3) is 5.32. The number of sulfone groups is 1. The van der Waals surface area contributed by atoms with E-state index in [9.17, 15) is 13.2 Å². The van der Waals surface area contributed by atoms with E-state index in [2.05, 4.69) is 0 Å². The van der Waals surface area contributed by atoms with Crippen molar-refractivity contribution >= 4 is 15.8 Å². The Morgan fingerprint density at radius 2 is 1.72 bits per heavy atom. The summed E-state index contributed by atoms with van der Waals surface area (Å²) in [5.41, 5.74) is 1.11. The lowest BCUT2D eigenvalue weighted by Crippen LogP contribution is -2.25. The van der Waals surface area contributed by atoms with Crippen LogP contribution in [0.1, 0.15) is 24.8 Å². The van der Waals surface area contributed by atoms with Crippen LogP contribution in [-0.4, -0.2) is 31.9 Å². The molecule has 134 valence electrons. The molecule has 2 rings (SSSR count). The van der Waals surface area contributed by atoms with E-state index in [0.29, 0.717) is 18.6 Å². The van der Waals surface area contributed by atoms with Crippen molar-refractivity contribution in [2.75, 3.05) is 7.11 Å². The average molecular weight is 362 g/mol. The maximum atomic E-state index is 12.8. The molecular formula is C19H22O5S. The van der Waals surface area contributed by atoms with Crippen LogP contribution < -0.4 is 4.74 Å². The molecule has 1 unspecified atom stereocenters. The molecule has 6 heteroatoms. The first-order valence-corrected chi connectivity index (χ1v) is 9.62. The van der Waals surface area contributed by atoms with Gasteiger partial charge < -0.3 is 9.84 Å². The smallest absolute Gasteiger partial charge is 0.304 e. The fraction of sp³-hybridized carbons (Fsp3) is 0.316. The Bertz CT molecular complexity index is 782. The van der Waals surface area contributed by atoms with Crippen molar-refractivity contribution < 1.29 is 23.1 Å². The van der Waals surface area contributed by atoms with E-state index < -0.39 is 27.5 Å². The van der Waals surface area contributed by atoms with E-state index >= 15 is 0 Å². The van der Waals surface area contributed by atoms with Crippen LogP contribution in [0, 0.1) is 0 Å². The van der Waals surface area contributed by atoms with Gasteiger partial charge in [0, 0.05) is 0 Å². The van der Waals surface area contributed by atoms with Gasteiger partial charge in [0.05, 0.1) is 23.7 Å². The Labute approximate surface area is 148 Å². The predicted molar refractivity (Wildman–Crippen MR) is 95.6 cm³/mol. The largest absolute Gasteiger partial charge is 0.497 e. The molecule has 5 nitrogen and oxygen atoms in total. The maximum absolute atomic E-state index is 12.8. The Morgan fingerprint density at radius 3 is 2.28 bits per heavy atom. The van der Waals surface area contributed by atoms with E-state index in [1.54, 1.807) is 12.1 Å². The fourth-order valence-electron chi connectivity index (χ4n) is 2.70. The highest BCUT2D eigenvalue weighted by atomic mass is 32.2. The highest BCUT2D eigenvalue weighted by Gasteiger charge is 2.29. The summed E-state index contributed by atoms with van der Waals surface area (Å²) in [5, 5.41) is 8.17. The van der Waals surface area contributed by atoms with Crippen LogP contribution >= 0.6 is 0 Å². The van der Waals surface area contributed by atoms with Gasteiger partial charge >= 0.3 is 5.97 Å². The van der Waals surface area contributed by atoms with E-state index in [-0.39, 0.29) is 4.90 Å². The molecule has 0 saturated carbocycles. The molecule has 0 bridgehead atoms. The number of aryl methyl sites for hydroxylation is 1. The van der Waals surface area contributed by atoms with Gasteiger partial charge in [-0.05, 0) is 49.1 Å². The molecule has 2 aromatic carbocycles. The van der Waals surface area contributed by atoms with E-state index in [1.807, 2.05) is 30.3 Å². The summed E-state index contributed by atoms with van der Waals surface area (Å²) in [5.74, 6) is -0.556. The topological polar surface area (TPSA) is 80.7 Å². The van der Waals surface area contributed by atoms with Crippen molar-refractivity contribution in [2.24, 2.45) is 0 Å².